The maximum absolute atomic E-state index is 9.15. The van der Waals surface area contributed by atoms with Crippen molar-refractivity contribution in [3.63, 3.8) is 0 Å². The highest BCUT2D eigenvalue weighted by Gasteiger charge is 2.20. The minimum Gasteiger partial charge on any atom is -0.497 e. The summed E-state index contributed by atoms with van der Waals surface area (Å²) >= 11 is 0. The van der Waals surface area contributed by atoms with Crippen LogP contribution in [0.2, 0.25) is 0 Å². The molecule has 1 heterocycles. The van der Waals surface area contributed by atoms with Crippen LogP contribution < -0.4 is 9.47 Å². The standard InChI is InChI=1S/C9H10O3/c1-11-7-3-2-6-4-9(10)12-8(6)5-7/h2-3,5,9-10H,4H2,1H3. The van der Waals surface area contributed by atoms with Gasteiger partial charge in [-0.15, -0.1) is 0 Å². The van der Waals surface area contributed by atoms with Crippen LogP contribution in [0.3, 0.4) is 0 Å². The van der Waals surface area contributed by atoms with Gasteiger partial charge in [0.05, 0.1) is 7.11 Å². The van der Waals surface area contributed by atoms with Crippen LogP contribution in [0.1, 0.15) is 5.56 Å². The summed E-state index contributed by atoms with van der Waals surface area (Å²) in [4.78, 5) is 0. The summed E-state index contributed by atoms with van der Waals surface area (Å²) in [6.07, 6.45) is -0.119. The highest BCUT2D eigenvalue weighted by atomic mass is 16.6. The zero-order chi connectivity index (χ0) is 8.55. The predicted molar refractivity (Wildman–Crippen MR) is 43.3 cm³/mol. The smallest absolute Gasteiger partial charge is 0.201 e. The molecule has 2 rings (SSSR count). The van der Waals surface area contributed by atoms with Gasteiger partial charge in [-0.2, -0.15) is 0 Å². The van der Waals surface area contributed by atoms with Gasteiger partial charge >= 0.3 is 0 Å². The van der Waals surface area contributed by atoms with Crippen LogP contribution in [0.5, 0.6) is 11.5 Å². The van der Waals surface area contributed by atoms with Crippen molar-refractivity contribution in [3.05, 3.63) is 23.8 Å². The van der Waals surface area contributed by atoms with Crippen molar-refractivity contribution in [3.8, 4) is 11.5 Å². The number of benzene rings is 1. The van der Waals surface area contributed by atoms with Gasteiger partial charge in [-0.05, 0) is 6.07 Å². The number of ether oxygens (including phenoxy) is 2. The number of aliphatic hydroxyl groups excluding tert-OH is 1. The van der Waals surface area contributed by atoms with Crippen molar-refractivity contribution >= 4 is 0 Å². The molecular weight excluding hydrogens is 156 g/mol. The van der Waals surface area contributed by atoms with Gasteiger partial charge in [-0.3, -0.25) is 0 Å². The van der Waals surface area contributed by atoms with Crippen molar-refractivity contribution in [1.82, 2.24) is 0 Å². The first-order chi connectivity index (χ1) is 5.79. The van der Waals surface area contributed by atoms with E-state index in [4.69, 9.17) is 14.6 Å². The van der Waals surface area contributed by atoms with Crippen molar-refractivity contribution in [2.45, 2.75) is 12.7 Å². The number of methoxy groups -OCH3 is 1. The molecule has 1 aliphatic heterocycles. The molecule has 3 heteroatoms. The predicted octanol–water partition coefficient (Wildman–Crippen LogP) is 0.948. The monoisotopic (exact) mass is 166 g/mol. The maximum Gasteiger partial charge on any atom is 0.201 e. The van der Waals surface area contributed by atoms with Gasteiger partial charge in [-0.1, -0.05) is 6.07 Å². The molecule has 0 radical (unpaired) electrons. The number of fused-ring (bicyclic) bond motifs is 1. The van der Waals surface area contributed by atoms with Gasteiger partial charge in [0, 0.05) is 18.1 Å². The first-order valence-corrected chi connectivity index (χ1v) is 3.81. The Hall–Kier alpha value is -1.22. The molecule has 0 bridgehead atoms. The minimum atomic E-state index is -0.688. The van der Waals surface area contributed by atoms with E-state index in [-0.39, 0.29) is 0 Å². The van der Waals surface area contributed by atoms with Crippen LogP contribution in [0, 0.1) is 0 Å². The van der Waals surface area contributed by atoms with E-state index in [1.807, 2.05) is 12.1 Å². The molecule has 0 saturated heterocycles. The van der Waals surface area contributed by atoms with E-state index in [9.17, 15) is 0 Å². The molecule has 3 nitrogen and oxygen atoms in total. The third-order valence-corrected chi connectivity index (χ3v) is 1.93. The Morgan fingerprint density at radius 3 is 3.17 bits per heavy atom. The van der Waals surface area contributed by atoms with Crippen molar-refractivity contribution in [1.29, 1.82) is 0 Å². The fourth-order valence-electron chi connectivity index (χ4n) is 1.32. The summed E-state index contributed by atoms with van der Waals surface area (Å²) in [5, 5.41) is 9.15. The molecule has 0 spiro atoms. The van der Waals surface area contributed by atoms with E-state index < -0.39 is 6.29 Å². The van der Waals surface area contributed by atoms with Gasteiger partial charge in [0.15, 0.2) is 0 Å². The Kier molecular flexibility index (Phi) is 1.66. The SMILES string of the molecule is COc1ccc2c(c1)OC(O)C2. The largest absolute Gasteiger partial charge is 0.497 e. The second-order valence-corrected chi connectivity index (χ2v) is 2.75. The molecule has 1 aliphatic rings. The van der Waals surface area contributed by atoms with E-state index in [0.29, 0.717) is 6.42 Å². The van der Waals surface area contributed by atoms with Crippen LogP contribution in [0.25, 0.3) is 0 Å². The number of hydrogen-bond donors (Lipinski definition) is 1. The Labute approximate surface area is 70.5 Å². The van der Waals surface area contributed by atoms with E-state index >= 15 is 0 Å². The second-order valence-electron chi connectivity index (χ2n) is 2.75. The van der Waals surface area contributed by atoms with E-state index in [1.54, 1.807) is 13.2 Å². The van der Waals surface area contributed by atoms with Crippen LogP contribution >= 0.6 is 0 Å². The van der Waals surface area contributed by atoms with Crippen LogP contribution in [0.15, 0.2) is 18.2 Å². The molecule has 64 valence electrons. The number of aliphatic hydroxyl groups is 1. The van der Waals surface area contributed by atoms with Crippen LogP contribution in [-0.2, 0) is 6.42 Å². The molecule has 1 unspecified atom stereocenters. The van der Waals surface area contributed by atoms with Gasteiger partial charge in [0.25, 0.3) is 0 Å². The molecule has 1 aromatic carbocycles. The third-order valence-electron chi connectivity index (χ3n) is 1.93. The third kappa shape index (κ3) is 1.12. The van der Waals surface area contributed by atoms with E-state index in [2.05, 4.69) is 0 Å². The van der Waals surface area contributed by atoms with Gasteiger partial charge in [-0.25, -0.2) is 0 Å². The molecule has 0 saturated carbocycles. The fourth-order valence-corrected chi connectivity index (χ4v) is 1.32. The lowest BCUT2D eigenvalue weighted by Gasteiger charge is -2.03. The average Bonchev–Trinajstić information content (AvgIpc) is 2.43. The zero-order valence-electron chi connectivity index (χ0n) is 6.78. The highest BCUT2D eigenvalue weighted by Crippen LogP contribution is 2.31. The first kappa shape index (κ1) is 7.43. The van der Waals surface area contributed by atoms with Gasteiger partial charge < -0.3 is 14.6 Å². The summed E-state index contributed by atoms with van der Waals surface area (Å²) in [7, 11) is 1.60. The van der Waals surface area contributed by atoms with Crippen LogP contribution in [0.4, 0.5) is 0 Å². The Bertz CT molecular complexity index is 296. The summed E-state index contributed by atoms with van der Waals surface area (Å²) in [6.45, 7) is 0. The zero-order valence-corrected chi connectivity index (χ0v) is 6.78. The summed E-state index contributed by atoms with van der Waals surface area (Å²) < 4.78 is 10.1. The van der Waals surface area contributed by atoms with Crippen molar-refractivity contribution in [2.75, 3.05) is 7.11 Å². The average molecular weight is 166 g/mol. The number of rotatable bonds is 1. The normalized spacial score (nSPS) is 20.0. The lowest BCUT2D eigenvalue weighted by Crippen LogP contribution is -2.09. The quantitative estimate of drug-likeness (QED) is 0.675. The minimum absolute atomic E-state index is 0.569. The van der Waals surface area contributed by atoms with Gasteiger partial charge in [0.2, 0.25) is 6.29 Å². The lowest BCUT2D eigenvalue weighted by atomic mass is 10.1. The maximum atomic E-state index is 9.15. The fraction of sp³-hybridized carbons (Fsp3) is 0.333. The Balaban J connectivity index is 2.35. The molecule has 0 aromatic heterocycles. The summed E-state index contributed by atoms with van der Waals surface area (Å²) in [5.41, 5.74) is 1.03. The second kappa shape index (κ2) is 2.68. The number of hydrogen-bond acceptors (Lipinski definition) is 3. The van der Waals surface area contributed by atoms with Crippen molar-refractivity contribution in [2.24, 2.45) is 0 Å². The Morgan fingerprint density at radius 2 is 2.42 bits per heavy atom. The molecule has 0 aliphatic carbocycles. The topological polar surface area (TPSA) is 38.7 Å². The summed E-state index contributed by atoms with van der Waals surface area (Å²) in [5.74, 6) is 1.48. The first-order valence-electron chi connectivity index (χ1n) is 3.81. The highest BCUT2D eigenvalue weighted by molar-refractivity contribution is 5.43. The van der Waals surface area contributed by atoms with E-state index in [1.165, 1.54) is 0 Å². The molecule has 1 N–H and O–H groups in total. The molecule has 0 amide bonds. The molecule has 1 aromatic rings. The van der Waals surface area contributed by atoms with Gasteiger partial charge in [0.1, 0.15) is 11.5 Å². The Morgan fingerprint density at radius 1 is 1.58 bits per heavy atom. The lowest BCUT2D eigenvalue weighted by molar-refractivity contribution is 0.00208. The molecule has 12 heavy (non-hydrogen) atoms. The molecule has 0 fully saturated rings. The van der Waals surface area contributed by atoms with E-state index in [0.717, 1.165) is 17.1 Å². The molecular formula is C9H10O3. The van der Waals surface area contributed by atoms with Crippen LogP contribution in [-0.4, -0.2) is 18.5 Å². The molecule has 1 atom stereocenters. The van der Waals surface area contributed by atoms with Crippen molar-refractivity contribution < 1.29 is 14.6 Å². The summed E-state index contributed by atoms with van der Waals surface area (Å²) in [6, 6.07) is 5.55.